The van der Waals surface area contributed by atoms with Crippen LogP contribution in [0.15, 0.2) is 0 Å². The van der Waals surface area contributed by atoms with Crippen molar-refractivity contribution in [2.75, 3.05) is 19.7 Å². The Labute approximate surface area is 226 Å². The molecule has 1 aliphatic carbocycles. The van der Waals surface area contributed by atoms with E-state index in [1.165, 1.54) is 0 Å². The first kappa shape index (κ1) is 32.3. The van der Waals surface area contributed by atoms with Crippen LogP contribution in [0.4, 0.5) is 4.79 Å². The third kappa shape index (κ3) is 9.32. The van der Waals surface area contributed by atoms with Gasteiger partial charge in [0.15, 0.2) is 0 Å². The number of thioether (sulfide) groups is 1. The molecule has 0 aromatic rings. The first-order chi connectivity index (χ1) is 16.5. The summed E-state index contributed by atoms with van der Waals surface area (Å²) in [4.78, 5) is 40.9. The first-order valence-corrected chi connectivity index (χ1v) is 13.9. The van der Waals surface area contributed by atoms with Gasteiger partial charge < -0.3 is 26.0 Å². The number of amides is 3. The molecule has 11 heteroatoms. The molecule has 2 aliphatic rings. The van der Waals surface area contributed by atoms with E-state index in [9.17, 15) is 14.4 Å². The zero-order valence-electron chi connectivity index (χ0n) is 22.4. The van der Waals surface area contributed by atoms with E-state index in [0.29, 0.717) is 31.8 Å². The smallest absolute Gasteiger partial charge is 0.407 e. The van der Waals surface area contributed by atoms with E-state index in [-0.39, 0.29) is 47.8 Å². The van der Waals surface area contributed by atoms with Gasteiger partial charge in [-0.25, -0.2) is 4.79 Å². The molecule has 1 saturated heterocycles. The van der Waals surface area contributed by atoms with Crippen LogP contribution in [0.1, 0.15) is 79.6 Å². The van der Waals surface area contributed by atoms with E-state index < -0.39 is 22.9 Å². The number of halogens is 1. The lowest BCUT2D eigenvalue weighted by Crippen LogP contribution is -2.60. The van der Waals surface area contributed by atoms with Crippen LogP contribution < -0.4 is 16.4 Å². The monoisotopic (exact) mass is 547 g/mol. The van der Waals surface area contributed by atoms with Gasteiger partial charge in [-0.15, -0.1) is 12.4 Å². The molecular formula is C25H46ClN5O4S. The molecule has 0 aromatic carbocycles. The molecule has 3 amide bonds. The molecule has 2 fully saturated rings. The van der Waals surface area contributed by atoms with Crippen molar-refractivity contribution in [3.05, 3.63) is 0 Å². The Balaban J connectivity index is 0.00000648. The van der Waals surface area contributed by atoms with Gasteiger partial charge in [-0.1, -0.05) is 20.8 Å². The number of hydrogen-bond acceptors (Lipinski definition) is 6. The van der Waals surface area contributed by atoms with Crippen LogP contribution in [0, 0.1) is 17.2 Å². The molecule has 0 spiro atoms. The second-order valence-corrected chi connectivity index (χ2v) is 12.8. The van der Waals surface area contributed by atoms with Crippen LogP contribution in [0.2, 0.25) is 0 Å². The van der Waals surface area contributed by atoms with Crippen LogP contribution in [-0.2, 0) is 14.3 Å². The van der Waals surface area contributed by atoms with Gasteiger partial charge in [-0.05, 0) is 70.0 Å². The summed E-state index contributed by atoms with van der Waals surface area (Å²) >= 11 is 1.62. The molecular weight excluding hydrogens is 502 g/mol. The number of rotatable bonds is 11. The Morgan fingerprint density at radius 3 is 2.36 bits per heavy atom. The van der Waals surface area contributed by atoms with Gasteiger partial charge in [0.1, 0.15) is 12.1 Å². The van der Waals surface area contributed by atoms with Crippen LogP contribution in [0.25, 0.3) is 0 Å². The van der Waals surface area contributed by atoms with Crippen molar-refractivity contribution in [2.45, 2.75) is 102 Å². The highest BCUT2D eigenvalue weighted by Crippen LogP contribution is 2.34. The summed E-state index contributed by atoms with van der Waals surface area (Å²) in [6.45, 7) is 11.3. The minimum absolute atomic E-state index is 0. The third-order valence-electron chi connectivity index (χ3n) is 6.87. The fourth-order valence-electron chi connectivity index (χ4n) is 5.07. The minimum Gasteiger partial charge on any atom is -0.450 e. The average Bonchev–Trinajstić information content (AvgIpc) is 3.28. The summed E-state index contributed by atoms with van der Waals surface area (Å²) in [6.07, 6.45) is 5.08. The molecule has 5 N–H and O–H groups in total. The largest absolute Gasteiger partial charge is 0.450 e. The maximum atomic E-state index is 13.7. The molecule has 9 nitrogen and oxygen atoms in total. The van der Waals surface area contributed by atoms with E-state index in [1.54, 1.807) is 16.7 Å². The second-order valence-electron chi connectivity index (χ2n) is 10.6. The Kier molecular flexibility index (Phi) is 13.4. The van der Waals surface area contributed by atoms with Crippen molar-refractivity contribution in [2.24, 2.45) is 17.6 Å². The highest BCUT2D eigenvalue weighted by Gasteiger charge is 2.44. The number of amidine groups is 1. The number of ether oxygens (including phenoxy) is 1. The lowest BCUT2D eigenvalue weighted by Gasteiger charge is -2.38. The summed E-state index contributed by atoms with van der Waals surface area (Å²) < 4.78 is 4.62. The summed E-state index contributed by atoms with van der Waals surface area (Å²) in [5.41, 5.74) is 5.64. The van der Waals surface area contributed by atoms with Crippen LogP contribution in [0.5, 0.6) is 0 Å². The number of nitrogens with zero attached hydrogens (tertiary/aromatic N) is 1. The Morgan fingerprint density at radius 1 is 1.17 bits per heavy atom. The lowest BCUT2D eigenvalue weighted by molar-refractivity contribution is -0.140. The van der Waals surface area contributed by atoms with Crippen molar-refractivity contribution < 1.29 is 19.1 Å². The molecule has 0 radical (unpaired) electrons. The predicted octanol–water partition coefficient (Wildman–Crippen LogP) is 3.68. The van der Waals surface area contributed by atoms with Crippen LogP contribution >= 0.6 is 24.2 Å². The highest BCUT2D eigenvalue weighted by molar-refractivity contribution is 8.01. The van der Waals surface area contributed by atoms with Gasteiger partial charge in [-0.3, -0.25) is 15.0 Å². The van der Waals surface area contributed by atoms with Crippen LogP contribution in [0.3, 0.4) is 0 Å². The molecule has 2 atom stereocenters. The van der Waals surface area contributed by atoms with Gasteiger partial charge in [-0.2, -0.15) is 11.8 Å². The van der Waals surface area contributed by atoms with E-state index in [0.717, 1.165) is 32.1 Å². The third-order valence-corrected chi connectivity index (χ3v) is 8.19. The molecule has 0 bridgehead atoms. The van der Waals surface area contributed by atoms with Crippen molar-refractivity contribution in [1.29, 1.82) is 5.41 Å². The van der Waals surface area contributed by atoms with E-state index in [1.807, 2.05) is 20.8 Å². The van der Waals surface area contributed by atoms with Gasteiger partial charge >= 0.3 is 6.09 Å². The number of nitrogens with one attached hydrogen (secondary N) is 3. The average molecular weight is 548 g/mol. The van der Waals surface area contributed by atoms with E-state index in [2.05, 4.69) is 24.5 Å². The molecule has 1 heterocycles. The number of carbonyl (C=O) groups excluding carboxylic acids is 3. The van der Waals surface area contributed by atoms with Crippen molar-refractivity contribution in [1.82, 2.24) is 15.5 Å². The zero-order chi connectivity index (χ0) is 26.2. The number of likely N-dealkylation sites (tertiary alicyclic amines) is 1. The predicted molar refractivity (Wildman–Crippen MR) is 148 cm³/mol. The Bertz CT molecular complexity index is 759. The molecule has 2 rings (SSSR count). The fraction of sp³-hybridized carbons (Fsp3) is 0.840. The second kappa shape index (κ2) is 14.9. The highest BCUT2D eigenvalue weighted by atomic mass is 35.5. The number of alkyl carbamates (subject to hydrolysis) is 1. The number of hydrogen-bond donors (Lipinski definition) is 4. The zero-order valence-corrected chi connectivity index (χ0v) is 24.1. The van der Waals surface area contributed by atoms with E-state index in [4.69, 9.17) is 15.9 Å². The molecule has 0 unspecified atom stereocenters. The molecule has 0 aromatic heterocycles. The summed E-state index contributed by atoms with van der Waals surface area (Å²) in [5.74, 6) is 0.407. The number of nitrogens with two attached hydrogens (primary N) is 1. The molecule has 36 heavy (non-hydrogen) atoms. The topological polar surface area (TPSA) is 138 Å². The summed E-state index contributed by atoms with van der Waals surface area (Å²) in [6, 6.07) is -1.35. The van der Waals surface area contributed by atoms with Crippen molar-refractivity contribution in [3.8, 4) is 0 Å². The first-order valence-electron chi connectivity index (χ1n) is 13.0. The molecule has 208 valence electrons. The Morgan fingerprint density at radius 2 is 1.81 bits per heavy atom. The van der Waals surface area contributed by atoms with Gasteiger partial charge in [0.25, 0.3) is 0 Å². The Hall–Kier alpha value is -1.68. The normalized spacial score (nSPS) is 22.9. The fourth-order valence-corrected chi connectivity index (χ4v) is 6.58. The van der Waals surface area contributed by atoms with Gasteiger partial charge in [0.05, 0.1) is 12.4 Å². The van der Waals surface area contributed by atoms with Gasteiger partial charge in [0.2, 0.25) is 11.8 Å². The van der Waals surface area contributed by atoms with Gasteiger partial charge in [0, 0.05) is 23.8 Å². The SMILES string of the molecule is CCCOC(=O)N[C@@H](C(=O)N1CCC[C@H]1C(=O)NCC1CCC(C(=N)N)CC1)C(C)(C)SC(C)C.Cl. The number of carbonyl (C=O) groups is 3. The maximum absolute atomic E-state index is 13.7. The summed E-state index contributed by atoms with van der Waals surface area (Å²) in [7, 11) is 0. The van der Waals surface area contributed by atoms with Crippen molar-refractivity contribution >= 4 is 47.9 Å². The molecule has 1 saturated carbocycles. The minimum atomic E-state index is -0.811. The molecule has 1 aliphatic heterocycles. The quantitative estimate of drug-likeness (QED) is 0.230. The van der Waals surface area contributed by atoms with Crippen LogP contribution in [-0.4, -0.2) is 70.4 Å². The van der Waals surface area contributed by atoms with Crippen molar-refractivity contribution in [3.63, 3.8) is 0 Å². The lowest BCUT2D eigenvalue weighted by atomic mass is 9.81. The standard InChI is InChI=1S/C25H45N5O4S.ClH/c1-6-14-34-24(33)29-20(25(4,5)35-16(2)3)23(32)30-13-7-8-19(30)22(31)28-15-17-9-11-18(12-10-17)21(26)27;/h16-20H,6-15H2,1-5H3,(H3,26,27)(H,28,31)(H,29,33);1H/t17?,18?,19-,20-;/m0./s1. The summed E-state index contributed by atoms with van der Waals surface area (Å²) in [5, 5.41) is 13.7. The maximum Gasteiger partial charge on any atom is 0.407 e. The van der Waals surface area contributed by atoms with E-state index >= 15 is 0 Å².